The minimum atomic E-state index is -0.810. The fraction of sp³-hybridized carbons (Fsp3) is 0.318. The van der Waals surface area contributed by atoms with E-state index in [2.05, 4.69) is 59.4 Å². The lowest BCUT2D eigenvalue weighted by atomic mass is 9.90. The largest absolute Gasteiger partial charge is 0.480 e. The standard InChI is InChI=1S/C22H25N3O2/c1-3-25(4-2)15-11-9-14(10-12-15)20-21-17(13-19(24-20)22(26)27)16-7-5-6-8-18(16)23-21/h5-12,19-20,23-24H,3-4,13H2,1-2H3,(H,26,27). The first-order valence-electron chi connectivity index (χ1n) is 9.55. The van der Waals surface area contributed by atoms with Gasteiger partial charge in [-0.25, -0.2) is 0 Å². The highest BCUT2D eigenvalue weighted by molar-refractivity contribution is 5.87. The molecule has 1 aliphatic rings. The summed E-state index contributed by atoms with van der Waals surface area (Å²) in [6.45, 7) is 6.22. The van der Waals surface area contributed by atoms with Crippen LogP contribution in [0.3, 0.4) is 0 Å². The van der Waals surface area contributed by atoms with Crippen LogP contribution < -0.4 is 10.2 Å². The summed E-state index contributed by atoms with van der Waals surface area (Å²) in [5, 5.41) is 14.1. The molecule has 5 nitrogen and oxygen atoms in total. The molecule has 3 aromatic rings. The molecule has 5 heteroatoms. The highest BCUT2D eigenvalue weighted by atomic mass is 16.4. The zero-order chi connectivity index (χ0) is 19.0. The SMILES string of the molecule is CCN(CC)c1ccc(C2NC(C(=O)O)Cc3c2[nH]c2ccccc32)cc1. The van der Waals surface area contributed by atoms with Crippen LogP contribution in [0.15, 0.2) is 48.5 Å². The van der Waals surface area contributed by atoms with Gasteiger partial charge in [0.25, 0.3) is 0 Å². The molecule has 0 saturated carbocycles. The predicted molar refractivity (Wildman–Crippen MR) is 108 cm³/mol. The number of aromatic nitrogens is 1. The van der Waals surface area contributed by atoms with Crippen LogP contribution >= 0.6 is 0 Å². The van der Waals surface area contributed by atoms with Gasteiger partial charge in [-0.15, -0.1) is 0 Å². The van der Waals surface area contributed by atoms with Crippen LogP contribution in [0.5, 0.6) is 0 Å². The number of nitrogens with zero attached hydrogens (tertiary/aromatic N) is 1. The van der Waals surface area contributed by atoms with E-state index >= 15 is 0 Å². The number of nitrogens with one attached hydrogen (secondary N) is 2. The molecular weight excluding hydrogens is 338 g/mol. The number of carboxylic acids is 1. The highest BCUT2D eigenvalue weighted by Gasteiger charge is 2.33. The number of hydrogen-bond acceptors (Lipinski definition) is 3. The summed E-state index contributed by atoms with van der Waals surface area (Å²) in [5.74, 6) is -0.810. The highest BCUT2D eigenvalue weighted by Crippen LogP contribution is 2.35. The summed E-state index contributed by atoms with van der Waals surface area (Å²) in [6, 6.07) is 15.8. The molecule has 0 amide bonds. The number of carbonyl (C=O) groups is 1. The maximum Gasteiger partial charge on any atom is 0.321 e. The molecule has 140 valence electrons. The number of rotatable bonds is 5. The molecule has 1 aromatic heterocycles. The Morgan fingerprint density at radius 2 is 1.81 bits per heavy atom. The lowest BCUT2D eigenvalue weighted by Gasteiger charge is -2.30. The normalized spacial score (nSPS) is 19.0. The average molecular weight is 363 g/mol. The molecule has 4 rings (SSSR count). The zero-order valence-corrected chi connectivity index (χ0v) is 15.7. The second kappa shape index (κ2) is 7.08. The lowest BCUT2D eigenvalue weighted by Crippen LogP contribution is -2.44. The molecule has 2 unspecified atom stereocenters. The van der Waals surface area contributed by atoms with Gasteiger partial charge < -0.3 is 15.0 Å². The number of aliphatic carboxylic acids is 1. The van der Waals surface area contributed by atoms with Crippen molar-refractivity contribution in [2.45, 2.75) is 32.4 Å². The van der Waals surface area contributed by atoms with E-state index in [4.69, 9.17) is 0 Å². The van der Waals surface area contributed by atoms with Gasteiger partial charge in [0.05, 0.1) is 6.04 Å². The van der Waals surface area contributed by atoms with Crippen molar-refractivity contribution in [2.24, 2.45) is 0 Å². The second-order valence-corrected chi connectivity index (χ2v) is 7.02. The Labute approximate surface area is 159 Å². The second-order valence-electron chi connectivity index (χ2n) is 7.02. The van der Waals surface area contributed by atoms with E-state index in [9.17, 15) is 9.90 Å². The number of carboxylic acid groups (broad SMARTS) is 1. The van der Waals surface area contributed by atoms with Crippen molar-refractivity contribution >= 4 is 22.6 Å². The lowest BCUT2D eigenvalue weighted by molar-refractivity contribution is -0.139. The van der Waals surface area contributed by atoms with Crippen LogP contribution in [0.1, 0.15) is 36.7 Å². The molecular formula is C22H25N3O2. The molecule has 2 heterocycles. The Hall–Kier alpha value is -2.79. The summed E-state index contributed by atoms with van der Waals surface area (Å²) < 4.78 is 0. The van der Waals surface area contributed by atoms with E-state index in [1.54, 1.807) is 0 Å². The third-order valence-corrected chi connectivity index (χ3v) is 5.56. The van der Waals surface area contributed by atoms with E-state index in [-0.39, 0.29) is 6.04 Å². The van der Waals surface area contributed by atoms with Gasteiger partial charge in [0.1, 0.15) is 6.04 Å². The number of hydrogen-bond donors (Lipinski definition) is 3. The van der Waals surface area contributed by atoms with Crippen molar-refractivity contribution in [3.63, 3.8) is 0 Å². The van der Waals surface area contributed by atoms with Crippen molar-refractivity contribution in [1.29, 1.82) is 0 Å². The Kier molecular flexibility index (Phi) is 4.62. The van der Waals surface area contributed by atoms with Crippen molar-refractivity contribution in [2.75, 3.05) is 18.0 Å². The third-order valence-electron chi connectivity index (χ3n) is 5.56. The first-order chi connectivity index (χ1) is 13.1. The molecule has 0 fully saturated rings. The molecule has 2 atom stereocenters. The van der Waals surface area contributed by atoms with Gasteiger partial charge in [0.2, 0.25) is 0 Å². The van der Waals surface area contributed by atoms with Crippen LogP contribution in [-0.2, 0) is 11.2 Å². The average Bonchev–Trinajstić information content (AvgIpc) is 3.07. The summed E-state index contributed by atoms with van der Waals surface area (Å²) in [7, 11) is 0. The molecule has 27 heavy (non-hydrogen) atoms. The van der Waals surface area contributed by atoms with E-state index in [1.165, 1.54) is 5.69 Å². The van der Waals surface area contributed by atoms with E-state index in [1.807, 2.05) is 18.2 Å². The quantitative estimate of drug-likeness (QED) is 0.646. The topological polar surface area (TPSA) is 68.4 Å². The minimum absolute atomic E-state index is 0.159. The molecule has 3 N–H and O–H groups in total. The van der Waals surface area contributed by atoms with E-state index in [0.29, 0.717) is 6.42 Å². The molecule has 0 saturated heterocycles. The van der Waals surface area contributed by atoms with Gasteiger partial charge in [0.15, 0.2) is 0 Å². The number of para-hydroxylation sites is 1. The monoisotopic (exact) mass is 363 g/mol. The predicted octanol–water partition coefficient (Wildman–Crippen LogP) is 3.70. The Morgan fingerprint density at radius 3 is 2.48 bits per heavy atom. The van der Waals surface area contributed by atoms with Gasteiger partial charge in [-0.1, -0.05) is 30.3 Å². The first kappa shape index (κ1) is 17.6. The number of benzene rings is 2. The van der Waals surface area contributed by atoms with Crippen LogP contribution in [0.4, 0.5) is 5.69 Å². The van der Waals surface area contributed by atoms with Crippen molar-refractivity contribution in [3.05, 3.63) is 65.4 Å². The Bertz CT molecular complexity index is 957. The molecule has 0 aliphatic carbocycles. The van der Waals surface area contributed by atoms with Crippen LogP contribution in [0.2, 0.25) is 0 Å². The molecule has 2 aromatic carbocycles. The number of fused-ring (bicyclic) bond motifs is 3. The number of anilines is 1. The van der Waals surface area contributed by atoms with Crippen LogP contribution in [-0.4, -0.2) is 35.2 Å². The summed E-state index contributed by atoms with van der Waals surface area (Å²) in [5.41, 5.74) is 5.50. The zero-order valence-electron chi connectivity index (χ0n) is 15.7. The van der Waals surface area contributed by atoms with Crippen molar-refractivity contribution in [1.82, 2.24) is 10.3 Å². The molecule has 0 radical (unpaired) electrons. The van der Waals surface area contributed by atoms with Crippen molar-refractivity contribution < 1.29 is 9.90 Å². The third kappa shape index (κ3) is 3.08. The maximum absolute atomic E-state index is 11.7. The smallest absolute Gasteiger partial charge is 0.321 e. The first-order valence-corrected chi connectivity index (χ1v) is 9.55. The van der Waals surface area contributed by atoms with E-state index in [0.717, 1.165) is 40.8 Å². The fourth-order valence-electron chi connectivity index (χ4n) is 4.12. The molecule has 0 bridgehead atoms. The van der Waals surface area contributed by atoms with Crippen LogP contribution in [0.25, 0.3) is 10.9 Å². The molecule has 1 aliphatic heterocycles. The van der Waals surface area contributed by atoms with Crippen LogP contribution in [0, 0.1) is 0 Å². The Morgan fingerprint density at radius 1 is 1.11 bits per heavy atom. The molecule has 0 spiro atoms. The number of H-pyrrole nitrogens is 1. The van der Waals surface area contributed by atoms with Gasteiger partial charge in [-0.05, 0) is 43.2 Å². The van der Waals surface area contributed by atoms with Crippen molar-refractivity contribution in [3.8, 4) is 0 Å². The summed E-state index contributed by atoms with van der Waals surface area (Å²) >= 11 is 0. The number of aromatic amines is 1. The summed E-state index contributed by atoms with van der Waals surface area (Å²) in [6.07, 6.45) is 0.489. The van der Waals surface area contributed by atoms with Gasteiger partial charge >= 0.3 is 5.97 Å². The van der Waals surface area contributed by atoms with Gasteiger partial charge in [-0.2, -0.15) is 0 Å². The maximum atomic E-state index is 11.7. The Balaban J connectivity index is 1.77. The fourth-order valence-corrected chi connectivity index (χ4v) is 4.12. The minimum Gasteiger partial charge on any atom is -0.480 e. The van der Waals surface area contributed by atoms with Gasteiger partial charge in [-0.3, -0.25) is 10.1 Å². The van der Waals surface area contributed by atoms with Gasteiger partial charge in [0, 0.05) is 41.8 Å². The van der Waals surface area contributed by atoms with E-state index < -0.39 is 12.0 Å². The summed E-state index contributed by atoms with van der Waals surface area (Å²) in [4.78, 5) is 17.6.